The minimum absolute atomic E-state index is 0.283. The predicted octanol–water partition coefficient (Wildman–Crippen LogP) is 2.14. The van der Waals surface area contributed by atoms with E-state index in [4.69, 9.17) is 9.47 Å². The van der Waals surface area contributed by atoms with Gasteiger partial charge < -0.3 is 14.4 Å². The lowest BCUT2D eigenvalue weighted by Crippen LogP contribution is -2.42. The molecule has 4 nitrogen and oxygen atoms in total. The van der Waals surface area contributed by atoms with Gasteiger partial charge in [0.15, 0.2) is 0 Å². The normalized spacial score (nSPS) is 31.1. The molecule has 112 valence electrons. The number of hydrogen-bond donors (Lipinski definition) is 0. The lowest BCUT2D eigenvalue weighted by Gasteiger charge is -2.33. The van der Waals surface area contributed by atoms with Crippen LogP contribution in [0.4, 0.5) is 0 Å². The molecule has 1 amide bonds. The van der Waals surface area contributed by atoms with Crippen LogP contribution in [0.1, 0.15) is 38.5 Å². The van der Waals surface area contributed by atoms with Gasteiger partial charge in [-0.15, -0.1) is 0 Å². The van der Waals surface area contributed by atoms with Gasteiger partial charge >= 0.3 is 0 Å². The SMILES string of the molecule is O=C(C[C@@H]1C=CCC1)N1CCC(O[C@H]2CCOC2)CC1. The largest absolute Gasteiger partial charge is 0.379 e. The molecule has 0 unspecified atom stereocenters. The lowest BCUT2D eigenvalue weighted by atomic mass is 10.0. The van der Waals surface area contributed by atoms with Gasteiger partial charge in [-0.1, -0.05) is 12.2 Å². The number of ether oxygens (including phenoxy) is 2. The van der Waals surface area contributed by atoms with E-state index in [1.165, 1.54) is 0 Å². The van der Waals surface area contributed by atoms with E-state index in [-0.39, 0.29) is 6.10 Å². The van der Waals surface area contributed by atoms with E-state index in [1.807, 2.05) is 4.90 Å². The summed E-state index contributed by atoms with van der Waals surface area (Å²) in [6.45, 7) is 3.28. The van der Waals surface area contributed by atoms with Crippen LogP contribution >= 0.6 is 0 Å². The van der Waals surface area contributed by atoms with Crippen molar-refractivity contribution in [3.8, 4) is 0 Å². The van der Waals surface area contributed by atoms with Crippen LogP contribution in [0.2, 0.25) is 0 Å². The predicted molar refractivity (Wildman–Crippen MR) is 76.4 cm³/mol. The van der Waals surface area contributed by atoms with Crippen molar-refractivity contribution in [2.45, 2.75) is 50.7 Å². The highest BCUT2D eigenvalue weighted by atomic mass is 16.5. The summed E-state index contributed by atoms with van der Waals surface area (Å²) in [5.74, 6) is 0.802. The Hall–Kier alpha value is -0.870. The number of rotatable bonds is 4. The van der Waals surface area contributed by atoms with Crippen LogP contribution in [0.5, 0.6) is 0 Å². The van der Waals surface area contributed by atoms with Crippen molar-refractivity contribution in [1.82, 2.24) is 4.90 Å². The topological polar surface area (TPSA) is 38.8 Å². The zero-order valence-corrected chi connectivity index (χ0v) is 12.1. The number of amides is 1. The Morgan fingerprint density at radius 3 is 2.70 bits per heavy atom. The second kappa shape index (κ2) is 6.72. The quantitative estimate of drug-likeness (QED) is 0.740. The van der Waals surface area contributed by atoms with Crippen LogP contribution in [-0.4, -0.2) is 49.3 Å². The van der Waals surface area contributed by atoms with Gasteiger partial charge in [0.05, 0.1) is 18.8 Å². The minimum atomic E-state index is 0.283. The number of carbonyl (C=O) groups is 1. The van der Waals surface area contributed by atoms with Gasteiger partial charge in [-0.25, -0.2) is 0 Å². The molecule has 2 atom stereocenters. The van der Waals surface area contributed by atoms with Gasteiger partial charge in [0.2, 0.25) is 5.91 Å². The van der Waals surface area contributed by atoms with Crippen LogP contribution in [0.25, 0.3) is 0 Å². The molecule has 0 radical (unpaired) electrons. The summed E-state index contributed by atoms with van der Waals surface area (Å²) in [6.07, 6.45) is 10.9. The molecule has 2 aliphatic heterocycles. The molecule has 2 fully saturated rings. The average Bonchev–Trinajstić information content (AvgIpc) is 3.13. The fourth-order valence-corrected chi connectivity index (χ4v) is 3.35. The molecule has 3 aliphatic rings. The molecule has 0 aromatic carbocycles. The van der Waals surface area contributed by atoms with Gasteiger partial charge in [-0.05, 0) is 38.0 Å². The van der Waals surface area contributed by atoms with Crippen molar-refractivity contribution >= 4 is 5.91 Å². The maximum Gasteiger partial charge on any atom is 0.223 e. The Morgan fingerprint density at radius 2 is 2.05 bits per heavy atom. The van der Waals surface area contributed by atoms with E-state index in [2.05, 4.69) is 12.2 Å². The third kappa shape index (κ3) is 3.61. The highest BCUT2D eigenvalue weighted by Gasteiger charge is 2.27. The fraction of sp³-hybridized carbons (Fsp3) is 0.812. The van der Waals surface area contributed by atoms with Crippen LogP contribution < -0.4 is 0 Å². The molecule has 2 heterocycles. The number of hydrogen-bond acceptors (Lipinski definition) is 3. The van der Waals surface area contributed by atoms with Crippen molar-refractivity contribution in [3.05, 3.63) is 12.2 Å². The van der Waals surface area contributed by atoms with E-state index in [0.717, 1.165) is 58.4 Å². The number of allylic oxidation sites excluding steroid dienone is 2. The maximum atomic E-state index is 12.2. The molecule has 2 saturated heterocycles. The van der Waals surface area contributed by atoms with Gasteiger partial charge in [-0.3, -0.25) is 4.79 Å². The zero-order chi connectivity index (χ0) is 13.8. The van der Waals surface area contributed by atoms with Crippen LogP contribution in [0.3, 0.4) is 0 Å². The Balaban J connectivity index is 1.38. The second-order valence-corrected chi connectivity index (χ2v) is 6.17. The Kier molecular flexibility index (Phi) is 4.73. The molecule has 3 rings (SSSR count). The van der Waals surface area contributed by atoms with Crippen molar-refractivity contribution < 1.29 is 14.3 Å². The molecular formula is C16H25NO3. The summed E-state index contributed by atoms with van der Waals surface area (Å²) in [6, 6.07) is 0. The van der Waals surface area contributed by atoms with Gasteiger partial charge in [-0.2, -0.15) is 0 Å². The summed E-state index contributed by atoms with van der Waals surface area (Å²) in [5, 5.41) is 0. The van der Waals surface area contributed by atoms with Crippen molar-refractivity contribution in [3.63, 3.8) is 0 Å². The van der Waals surface area contributed by atoms with Gasteiger partial charge in [0, 0.05) is 26.1 Å². The highest BCUT2D eigenvalue weighted by Crippen LogP contribution is 2.23. The molecular weight excluding hydrogens is 254 g/mol. The Labute approximate surface area is 121 Å². The molecule has 1 aliphatic carbocycles. The number of likely N-dealkylation sites (tertiary alicyclic amines) is 1. The number of carbonyl (C=O) groups excluding carboxylic acids is 1. The van der Waals surface area contributed by atoms with Crippen molar-refractivity contribution in [1.29, 1.82) is 0 Å². The monoisotopic (exact) mass is 279 g/mol. The molecule has 0 saturated carbocycles. The first-order chi connectivity index (χ1) is 9.81. The van der Waals surface area contributed by atoms with Crippen LogP contribution in [0, 0.1) is 5.92 Å². The van der Waals surface area contributed by atoms with E-state index in [1.54, 1.807) is 0 Å². The Bertz CT molecular complexity index is 355. The molecule has 20 heavy (non-hydrogen) atoms. The summed E-state index contributed by atoms with van der Waals surface area (Å²) >= 11 is 0. The van der Waals surface area contributed by atoms with Crippen LogP contribution in [0.15, 0.2) is 12.2 Å². The van der Waals surface area contributed by atoms with E-state index in [9.17, 15) is 4.79 Å². The first kappa shape index (κ1) is 14.1. The third-order valence-corrected chi connectivity index (χ3v) is 4.62. The lowest BCUT2D eigenvalue weighted by molar-refractivity contribution is -0.135. The third-order valence-electron chi connectivity index (χ3n) is 4.62. The average molecular weight is 279 g/mol. The summed E-state index contributed by atoms with van der Waals surface area (Å²) < 4.78 is 11.4. The number of nitrogens with zero attached hydrogens (tertiary/aromatic N) is 1. The molecule has 0 aromatic rings. The van der Waals surface area contributed by atoms with Crippen molar-refractivity contribution in [2.75, 3.05) is 26.3 Å². The highest BCUT2D eigenvalue weighted by molar-refractivity contribution is 5.76. The molecule has 0 spiro atoms. The standard InChI is InChI=1S/C16H25NO3/c18-16(11-13-3-1-2-4-13)17-8-5-14(6-9-17)20-15-7-10-19-12-15/h1,3,13-15H,2,4-12H2/t13-,15+/m1/s1. The minimum Gasteiger partial charge on any atom is -0.379 e. The smallest absolute Gasteiger partial charge is 0.223 e. The van der Waals surface area contributed by atoms with E-state index in [0.29, 0.717) is 24.3 Å². The van der Waals surface area contributed by atoms with E-state index < -0.39 is 0 Å². The Morgan fingerprint density at radius 1 is 1.20 bits per heavy atom. The summed E-state index contributed by atoms with van der Waals surface area (Å²) in [7, 11) is 0. The molecule has 0 N–H and O–H groups in total. The second-order valence-electron chi connectivity index (χ2n) is 6.17. The first-order valence-electron chi connectivity index (χ1n) is 7.99. The summed E-state index contributed by atoms with van der Waals surface area (Å²) in [5.41, 5.74) is 0. The molecule has 0 bridgehead atoms. The van der Waals surface area contributed by atoms with E-state index >= 15 is 0 Å². The summed E-state index contributed by atoms with van der Waals surface area (Å²) in [4.78, 5) is 14.3. The van der Waals surface area contributed by atoms with Crippen molar-refractivity contribution in [2.24, 2.45) is 5.92 Å². The fourth-order valence-electron chi connectivity index (χ4n) is 3.35. The first-order valence-corrected chi connectivity index (χ1v) is 7.99. The van der Waals surface area contributed by atoms with Gasteiger partial charge in [0.1, 0.15) is 0 Å². The molecule has 0 aromatic heterocycles. The maximum absolute atomic E-state index is 12.2. The van der Waals surface area contributed by atoms with Crippen LogP contribution in [-0.2, 0) is 14.3 Å². The number of piperidine rings is 1. The van der Waals surface area contributed by atoms with Gasteiger partial charge in [0.25, 0.3) is 0 Å². The molecule has 4 heteroatoms. The zero-order valence-electron chi connectivity index (χ0n) is 12.1.